The summed E-state index contributed by atoms with van der Waals surface area (Å²) in [6.45, 7) is 0.217. The first kappa shape index (κ1) is 22.9. The lowest BCUT2D eigenvalue weighted by atomic mass is 10.1. The van der Waals surface area contributed by atoms with E-state index in [-0.39, 0.29) is 42.2 Å². The minimum absolute atomic E-state index is 0.131. The number of fused-ring (bicyclic) bond motifs is 3. The highest BCUT2D eigenvalue weighted by Gasteiger charge is 2.42. The van der Waals surface area contributed by atoms with Crippen LogP contribution in [0, 0.1) is 11.6 Å². The Morgan fingerprint density at radius 1 is 1.00 bits per heavy atom. The molecule has 176 valence electrons. The van der Waals surface area contributed by atoms with E-state index in [9.17, 15) is 18.4 Å². The van der Waals surface area contributed by atoms with Crippen LogP contribution in [0.4, 0.5) is 14.5 Å². The fraction of sp³-hybridized carbons (Fsp3) is 0.154. The second-order valence-corrected chi connectivity index (χ2v) is 8.98. The molecule has 0 saturated heterocycles. The summed E-state index contributed by atoms with van der Waals surface area (Å²) in [6.07, 6.45) is -0.131. The molecule has 5 rings (SSSR count). The number of carbonyl (C=O) groups is 2. The fourth-order valence-corrected chi connectivity index (χ4v) is 4.83. The predicted octanol–water partition coefficient (Wildman–Crippen LogP) is 4.56. The maximum atomic E-state index is 14.1. The number of nitrogens with one attached hydrogen (secondary N) is 1. The van der Waals surface area contributed by atoms with Gasteiger partial charge < -0.3 is 5.32 Å². The SMILES string of the molecule is O=C(C[C@@H]1N=C2c3ccccc3N=C(SCc3ccccc3F)N2C1=O)NCc1ccc(F)cc1. The third-order valence-corrected chi connectivity index (χ3v) is 6.63. The van der Waals surface area contributed by atoms with Gasteiger partial charge in [-0.25, -0.2) is 18.7 Å². The van der Waals surface area contributed by atoms with E-state index in [1.807, 2.05) is 24.3 Å². The van der Waals surface area contributed by atoms with Crippen molar-refractivity contribution in [2.45, 2.75) is 24.8 Å². The highest BCUT2D eigenvalue weighted by Crippen LogP contribution is 2.35. The summed E-state index contributed by atoms with van der Waals surface area (Å²) in [5.41, 5.74) is 2.60. The van der Waals surface area contributed by atoms with Crippen molar-refractivity contribution in [3.63, 3.8) is 0 Å². The van der Waals surface area contributed by atoms with Crippen LogP contribution in [-0.2, 0) is 21.9 Å². The lowest BCUT2D eigenvalue weighted by Crippen LogP contribution is -2.42. The number of rotatable bonds is 6. The molecule has 0 unspecified atom stereocenters. The molecule has 3 aromatic rings. The minimum Gasteiger partial charge on any atom is -0.352 e. The molecule has 0 aromatic heterocycles. The van der Waals surface area contributed by atoms with Crippen LogP contribution in [0.1, 0.15) is 23.1 Å². The third-order valence-electron chi connectivity index (χ3n) is 5.64. The number of para-hydroxylation sites is 1. The number of halogens is 2. The van der Waals surface area contributed by atoms with Crippen LogP contribution in [0.15, 0.2) is 82.8 Å². The van der Waals surface area contributed by atoms with Gasteiger partial charge in [0.05, 0.1) is 12.1 Å². The van der Waals surface area contributed by atoms with Crippen molar-refractivity contribution in [2.75, 3.05) is 0 Å². The molecule has 1 N–H and O–H groups in total. The molecule has 6 nitrogen and oxygen atoms in total. The molecule has 0 spiro atoms. The Labute approximate surface area is 204 Å². The first-order valence-electron chi connectivity index (χ1n) is 11.0. The van der Waals surface area contributed by atoms with E-state index in [1.54, 1.807) is 30.3 Å². The van der Waals surface area contributed by atoms with Gasteiger partial charge in [-0.3, -0.25) is 14.6 Å². The fourth-order valence-electron chi connectivity index (χ4n) is 3.84. The Balaban J connectivity index is 1.33. The van der Waals surface area contributed by atoms with E-state index < -0.39 is 6.04 Å². The normalized spacial score (nSPS) is 16.3. The number of amidine groups is 2. The Bertz CT molecular complexity index is 1360. The molecule has 2 heterocycles. The summed E-state index contributed by atoms with van der Waals surface area (Å²) in [5.74, 6) is -0.654. The molecular formula is C26H20F2N4O2S. The van der Waals surface area contributed by atoms with Gasteiger partial charge in [0.15, 0.2) is 5.17 Å². The zero-order valence-corrected chi connectivity index (χ0v) is 19.3. The molecule has 2 aliphatic heterocycles. The minimum atomic E-state index is -0.899. The predicted molar refractivity (Wildman–Crippen MR) is 131 cm³/mol. The van der Waals surface area contributed by atoms with Crippen molar-refractivity contribution in [1.29, 1.82) is 0 Å². The smallest absolute Gasteiger partial charge is 0.259 e. The van der Waals surface area contributed by atoms with E-state index >= 15 is 0 Å². The molecule has 0 saturated carbocycles. The highest BCUT2D eigenvalue weighted by molar-refractivity contribution is 8.13. The van der Waals surface area contributed by atoms with E-state index in [0.29, 0.717) is 27.8 Å². The maximum Gasteiger partial charge on any atom is 0.259 e. The van der Waals surface area contributed by atoms with Gasteiger partial charge in [0.25, 0.3) is 5.91 Å². The van der Waals surface area contributed by atoms with Gasteiger partial charge in [-0.1, -0.05) is 54.2 Å². The van der Waals surface area contributed by atoms with Crippen LogP contribution in [0.25, 0.3) is 0 Å². The molecule has 2 amide bonds. The van der Waals surface area contributed by atoms with Gasteiger partial charge in [-0.05, 0) is 41.5 Å². The van der Waals surface area contributed by atoms with Crippen LogP contribution < -0.4 is 5.32 Å². The van der Waals surface area contributed by atoms with Gasteiger partial charge >= 0.3 is 0 Å². The van der Waals surface area contributed by atoms with Crippen LogP contribution in [-0.4, -0.2) is 33.8 Å². The van der Waals surface area contributed by atoms with Crippen molar-refractivity contribution in [2.24, 2.45) is 9.98 Å². The van der Waals surface area contributed by atoms with E-state index in [0.717, 1.165) is 5.56 Å². The molecule has 0 bridgehead atoms. The summed E-state index contributed by atoms with van der Waals surface area (Å²) in [4.78, 5) is 36.5. The number of hydrogen-bond acceptors (Lipinski definition) is 5. The Morgan fingerprint density at radius 2 is 1.74 bits per heavy atom. The summed E-state index contributed by atoms with van der Waals surface area (Å²) in [7, 11) is 0. The molecule has 0 aliphatic carbocycles. The van der Waals surface area contributed by atoms with Crippen LogP contribution in [0.3, 0.4) is 0 Å². The molecule has 9 heteroatoms. The highest BCUT2D eigenvalue weighted by atomic mass is 32.2. The average Bonchev–Trinajstić information content (AvgIpc) is 3.19. The zero-order valence-electron chi connectivity index (χ0n) is 18.4. The van der Waals surface area contributed by atoms with Gasteiger partial charge in [-0.2, -0.15) is 0 Å². The van der Waals surface area contributed by atoms with Crippen molar-refractivity contribution in [1.82, 2.24) is 10.2 Å². The van der Waals surface area contributed by atoms with Crippen molar-refractivity contribution in [3.8, 4) is 0 Å². The zero-order chi connectivity index (χ0) is 24.4. The molecule has 1 atom stereocenters. The standard InChI is InChI=1S/C26H20F2N4O2S/c27-18-11-9-16(10-12-18)14-29-23(33)13-22-25(34)32-24(30-22)19-6-2-4-8-21(19)31-26(32)35-15-17-5-1-3-7-20(17)28/h1-12,22H,13-15H2,(H,29,33)/t22-/m0/s1. The summed E-state index contributed by atoms with van der Waals surface area (Å²) in [5, 5.41) is 3.15. The Kier molecular flexibility index (Phi) is 6.41. The molecule has 0 fully saturated rings. The number of aliphatic imine (C=N–C) groups is 2. The Hall–Kier alpha value is -3.85. The maximum absolute atomic E-state index is 14.1. The number of carbonyl (C=O) groups excluding carboxylic acids is 2. The Morgan fingerprint density at radius 3 is 2.54 bits per heavy atom. The molecular weight excluding hydrogens is 470 g/mol. The van der Waals surface area contributed by atoms with Crippen molar-refractivity contribution < 1.29 is 18.4 Å². The van der Waals surface area contributed by atoms with Gasteiger partial charge in [0, 0.05) is 17.9 Å². The van der Waals surface area contributed by atoms with Crippen LogP contribution >= 0.6 is 11.8 Å². The first-order valence-corrected chi connectivity index (χ1v) is 12.0. The number of benzene rings is 3. The number of amides is 2. The second kappa shape index (κ2) is 9.79. The van der Waals surface area contributed by atoms with Gasteiger partial charge in [-0.15, -0.1) is 0 Å². The van der Waals surface area contributed by atoms with E-state index in [1.165, 1.54) is 34.9 Å². The average molecular weight is 491 g/mol. The van der Waals surface area contributed by atoms with Crippen molar-refractivity contribution in [3.05, 3.63) is 101 Å². The number of hydrogen-bond donors (Lipinski definition) is 1. The molecule has 3 aromatic carbocycles. The summed E-state index contributed by atoms with van der Waals surface area (Å²) in [6, 6.07) is 18.7. The van der Waals surface area contributed by atoms with Crippen LogP contribution in [0.2, 0.25) is 0 Å². The first-order chi connectivity index (χ1) is 17.0. The number of nitrogens with zero attached hydrogens (tertiary/aromatic N) is 3. The van der Waals surface area contributed by atoms with Crippen LogP contribution in [0.5, 0.6) is 0 Å². The van der Waals surface area contributed by atoms with E-state index in [2.05, 4.69) is 15.3 Å². The number of thioether (sulfide) groups is 1. The lowest BCUT2D eigenvalue weighted by molar-refractivity contribution is -0.128. The largest absolute Gasteiger partial charge is 0.352 e. The molecule has 35 heavy (non-hydrogen) atoms. The molecule has 2 aliphatic rings. The monoisotopic (exact) mass is 490 g/mol. The summed E-state index contributed by atoms with van der Waals surface area (Å²) >= 11 is 1.24. The van der Waals surface area contributed by atoms with Gasteiger partial charge in [0.2, 0.25) is 5.91 Å². The topological polar surface area (TPSA) is 74.1 Å². The quantitative estimate of drug-likeness (QED) is 0.551. The third kappa shape index (κ3) is 4.85. The second-order valence-electron chi connectivity index (χ2n) is 8.04. The van der Waals surface area contributed by atoms with Crippen molar-refractivity contribution >= 4 is 40.3 Å². The molecule has 0 radical (unpaired) electrons. The summed E-state index contributed by atoms with van der Waals surface area (Å²) < 4.78 is 27.2. The van der Waals surface area contributed by atoms with E-state index in [4.69, 9.17) is 0 Å². The lowest BCUT2D eigenvalue weighted by Gasteiger charge is -2.25. The van der Waals surface area contributed by atoms with Gasteiger partial charge in [0.1, 0.15) is 23.5 Å².